The minimum absolute atomic E-state index is 0.200. The molecule has 14 nitrogen and oxygen atoms in total. The lowest BCUT2D eigenvalue weighted by molar-refractivity contribution is -0.359. The fraction of sp³-hybridized carbons (Fsp3) is 0.885. The molecule has 2 rings (SSSR count). The van der Waals surface area contributed by atoms with E-state index in [1.54, 1.807) is 0 Å². The number of amides is 1. The third-order valence-corrected chi connectivity index (χ3v) is 19.1. The van der Waals surface area contributed by atoms with Crippen molar-refractivity contribution in [1.29, 1.82) is 0 Å². The average Bonchev–Trinajstić information content (AvgIpc) is 0.829. The van der Waals surface area contributed by atoms with Crippen molar-refractivity contribution >= 4 is 5.91 Å². The molecule has 0 radical (unpaired) electrons. The van der Waals surface area contributed by atoms with Crippen molar-refractivity contribution in [3.63, 3.8) is 0 Å². The van der Waals surface area contributed by atoms with Crippen molar-refractivity contribution in [2.24, 2.45) is 0 Å². The van der Waals surface area contributed by atoms with Gasteiger partial charge in [0, 0.05) is 6.42 Å². The van der Waals surface area contributed by atoms with Gasteiger partial charge < -0.3 is 65.1 Å². The van der Waals surface area contributed by atoms with Gasteiger partial charge in [0.25, 0.3) is 0 Å². The second kappa shape index (κ2) is 62.5. The highest BCUT2D eigenvalue weighted by molar-refractivity contribution is 5.76. The minimum Gasteiger partial charge on any atom is -0.394 e. The minimum atomic E-state index is -1.78. The molecule has 0 bridgehead atoms. The summed E-state index contributed by atoms with van der Waals surface area (Å²) in [4.78, 5) is 13.4. The summed E-state index contributed by atoms with van der Waals surface area (Å²) in [5.74, 6) is -0.200. The van der Waals surface area contributed by atoms with Gasteiger partial charge in [0.15, 0.2) is 12.6 Å². The maximum Gasteiger partial charge on any atom is 0.220 e. The van der Waals surface area contributed by atoms with E-state index in [4.69, 9.17) is 18.9 Å². The molecule has 0 spiro atoms. The Labute approximate surface area is 563 Å². The summed E-state index contributed by atoms with van der Waals surface area (Å²) in [5.41, 5.74) is 0. The van der Waals surface area contributed by atoms with Crippen molar-refractivity contribution in [1.82, 2.24) is 5.32 Å². The third-order valence-electron chi connectivity index (χ3n) is 19.1. The molecule has 1 amide bonds. The smallest absolute Gasteiger partial charge is 0.220 e. The predicted octanol–water partition coefficient (Wildman–Crippen LogP) is 17.0. The van der Waals surface area contributed by atoms with E-state index in [1.807, 2.05) is 0 Å². The maximum absolute atomic E-state index is 13.4. The normalized spacial score (nSPS) is 22.9. The van der Waals surface area contributed by atoms with Gasteiger partial charge in [-0.05, 0) is 51.4 Å². The Balaban J connectivity index is 1.61. The molecule has 9 N–H and O–H groups in total. The van der Waals surface area contributed by atoms with E-state index < -0.39 is 86.8 Å². The first kappa shape index (κ1) is 86.0. The van der Waals surface area contributed by atoms with Crippen LogP contribution >= 0.6 is 0 Å². The van der Waals surface area contributed by atoms with Crippen LogP contribution in [0.3, 0.4) is 0 Å². The van der Waals surface area contributed by atoms with Gasteiger partial charge >= 0.3 is 0 Å². The van der Waals surface area contributed by atoms with Crippen LogP contribution in [0.4, 0.5) is 0 Å². The number of nitrogens with one attached hydrogen (secondary N) is 1. The van der Waals surface area contributed by atoms with Crippen molar-refractivity contribution in [2.75, 3.05) is 19.8 Å². The van der Waals surface area contributed by atoms with Crippen LogP contribution in [0.25, 0.3) is 0 Å². The second-order valence-corrected chi connectivity index (χ2v) is 27.5. The monoisotopic (exact) mass is 1300 g/mol. The second-order valence-electron chi connectivity index (χ2n) is 27.5. The molecule has 2 fully saturated rings. The molecule has 0 aromatic heterocycles. The molecule has 0 aliphatic carbocycles. The molecule has 14 heteroatoms. The Morgan fingerprint density at radius 1 is 0.402 bits per heavy atom. The lowest BCUT2D eigenvalue weighted by Gasteiger charge is -2.46. The quantitative estimate of drug-likeness (QED) is 0.0204. The van der Waals surface area contributed by atoms with E-state index in [0.717, 1.165) is 77.0 Å². The summed E-state index contributed by atoms with van der Waals surface area (Å²) in [6, 6.07) is -0.830. The largest absolute Gasteiger partial charge is 0.394 e. The van der Waals surface area contributed by atoms with Crippen molar-refractivity contribution in [3.8, 4) is 0 Å². The number of hydrogen-bond acceptors (Lipinski definition) is 13. The van der Waals surface area contributed by atoms with Crippen LogP contribution in [0.2, 0.25) is 0 Å². The molecule has 0 aromatic rings. The van der Waals surface area contributed by atoms with Gasteiger partial charge in [-0.3, -0.25) is 4.79 Å². The van der Waals surface area contributed by atoms with Crippen molar-refractivity contribution in [2.45, 2.75) is 421 Å². The van der Waals surface area contributed by atoms with Gasteiger partial charge in [0.05, 0.1) is 32.0 Å². The Morgan fingerprint density at radius 2 is 0.750 bits per heavy atom. The van der Waals surface area contributed by atoms with E-state index >= 15 is 0 Å². The molecule has 92 heavy (non-hydrogen) atoms. The molecule has 12 unspecified atom stereocenters. The fourth-order valence-electron chi connectivity index (χ4n) is 12.9. The van der Waals surface area contributed by atoms with Crippen molar-refractivity contribution < 1.29 is 64.6 Å². The van der Waals surface area contributed by atoms with Crippen LogP contribution in [0.5, 0.6) is 0 Å². The number of ether oxygens (including phenoxy) is 4. The number of carbonyl (C=O) groups is 1. The summed E-state index contributed by atoms with van der Waals surface area (Å²) in [5, 5.41) is 87.8. The highest BCUT2D eigenvalue weighted by atomic mass is 16.7. The van der Waals surface area contributed by atoms with Crippen LogP contribution in [0.15, 0.2) is 48.6 Å². The first-order valence-electron chi connectivity index (χ1n) is 38.9. The Hall–Kier alpha value is -2.05. The van der Waals surface area contributed by atoms with Gasteiger partial charge in [-0.2, -0.15) is 0 Å². The van der Waals surface area contributed by atoms with Gasteiger partial charge in [-0.15, -0.1) is 0 Å². The summed E-state index contributed by atoms with van der Waals surface area (Å²) in [6.07, 6.45) is 65.7. The number of unbranched alkanes of at least 4 members (excludes halogenated alkanes) is 44. The molecule has 2 heterocycles. The van der Waals surface area contributed by atoms with Gasteiger partial charge in [0.2, 0.25) is 5.91 Å². The fourth-order valence-corrected chi connectivity index (χ4v) is 12.9. The highest BCUT2D eigenvalue weighted by Gasteiger charge is 2.51. The zero-order valence-corrected chi connectivity index (χ0v) is 59.1. The number of aliphatic hydroxyl groups is 8. The van der Waals surface area contributed by atoms with Crippen LogP contribution in [-0.2, 0) is 23.7 Å². The first-order chi connectivity index (χ1) is 45.1. The molecular formula is C78H145NO13. The summed E-state index contributed by atoms with van der Waals surface area (Å²) in [6.45, 7) is 2.81. The topological polar surface area (TPSA) is 228 Å². The predicted molar refractivity (Wildman–Crippen MR) is 378 cm³/mol. The third kappa shape index (κ3) is 45.5. The zero-order chi connectivity index (χ0) is 66.6. The SMILES string of the molecule is CC/C=C\C/C=C\C/C=C\C/C=C\CCCCCCCCCCCCCCCCCCCCCCC(=O)NC(COC1OC(CO)C(OC2OC(CO)C(O)C(O)C2O)C(O)C1O)C(O)CCCCCCCCCCCCCCCCCCCCCCCCCCC. The van der Waals surface area contributed by atoms with E-state index in [0.29, 0.717) is 12.8 Å². The number of hydrogen-bond donors (Lipinski definition) is 9. The van der Waals surface area contributed by atoms with Gasteiger partial charge in [0.1, 0.15) is 48.8 Å². The maximum atomic E-state index is 13.4. The molecule has 2 aliphatic rings. The molecule has 12 atom stereocenters. The molecule has 540 valence electrons. The Kier molecular flexibility index (Phi) is 58.4. The molecule has 0 aromatic carbocycles. The Morgan fingerprint density at radius 3 is 1.15 bits per heavy atom. The van der Waals surface area contributed by atoms with E-state index in [-0.39, 0.29) is 12.5 Å². The number of rotatable bonds is 65. The van der Waals surface area contributed by atoms with Crippen LogP contribution in [-0.4, -0.2) is 140 Å². The van der Waals surface area contributed by atoms with Crippen LogP contribution < -0.4 is 5.32 Å². The molecule has 2 aliphatic heterocycles. The average molecular weight is 1310 g/mol. The van der Waals surface area contributed by atoms with Gasteiger partial charge in [-0.1, -0.05) is 339 Å². The van der Waals surface area contributed by atoms with Gasteiger partial charge in [-0.25, -0.2) is 0 Å². The number of allylic oxidation sites excluding steroid dienone is 8. The standard InChI is InChI=1S/C78H145NO13/c1-3-5-7-9-11-13-15-17-19-21-23-25-27-29-30-31-32-33-34-35-36-38-40-42-44-46-48-50-52-54-56-58-60-62-70(83)79-66(65-89-77-75(88)73(86)76(69(64-81)91-77)92-78-74(87)72(85)71(84)68(63-80)90-78)67(82)61-59-57-55-53-51-49-47-45-43-41-39-37-28-26-24-22-20-18-16-14-12-10-8-6-4-2/h5,7,11,13,17,19,23,25,66-69,71-78,80-82,84-88H,3-4,6,8-10,12,14-16,18,20-22,24,26-65H2,1-2H3,(H,79,83)/b7-5-,13-11-,19-17-,25-23-. The first-order valence-corrected chi connectivity index (χ1v) is 38.9. The summed E-state index contributed by atoms with van der Waals surface area (Å²) in [7, 11) is 0. The lowest BCUT2D eigenvalue weighted by Crippen LogP contribution is -2.65. The highest BCUT2D eigenvalue weighted by Crippen LogP contribution is 2.30. The lowest BCUT2D eigenvalue weighted by atomic mass is 9.97. The molecular weight excluding hydrogens is 1160 g/mol. The Bertz CT molecular complexity index is 1730. The summed E-state index contributed by atoms with van der Waals surface area (Å²) >= 11 is 0. The van der Waals surface area contributed by atoms with E-state index in [2.05, 4.69) is 67.8 Å². The van der Waals surface area contributed by atoms with Crippen LogP contribution in [0, 0.1) is 0 Å². The van der Waals surface area contributed by atoms with Crippen molar-refractivity contribution in [3.05, 3.63) is 48.6 Å². The molecule has 0 saturated carbocycles. The number of carbonyl (C=O) groups excluding carboxylic acids is 1. The number of aliphatic hydroxyl groups excluding tert-OH is 8. The zero-order valence-electron chi connectivity index (χ0n) is 59.1. The molecule has 2 saturated heterocycles. The van der Waals surface area contributed by atoms with E-state index in [1.165, 1.54) is 244 Å². The summed E-state index contributed by atoms with van der Waals surface area (Å²) < 4.78 is 23.0. The van der Waals surface area contributed by atoms with Crippen LogP contribution in [0.1, 0.15) is 348 Å². The van der Waals surface area contributed by atoms with E-state index in [9.17, 15) is 45.6 Å².